The maximum Gasteiger partial charge on any atom is 0.277 e. The summed E-state index contributed by atoms with van der Waals surface area (Å²) in [6, 6.07) is 12.3. The lowest BCUT2D eigenvalue weighted by molar-refractivity contribution is -0.116. The molecular weight excluding hydrogens is 430 g/mol. The molecule has 0 fully saturated rings. The number of carbonyl (C=O) groups is 1. The summed E-state index contributed by atoms with van der Waals surface area (Å²) >= 11 is 0. The Balaban J connectivity index is 1.59. The number of carbonyl (C=O) groups excluding carboxylic acids is 1. The summed E-state index contributed by atoms with van der Waals surface area (Å²) in [4.78, 5) is 25.5. The van der Waals surface area contributed by atoms with Crippen molar-refractivity contribution in [2.45, 2.75) is 19.8 Å². The van der Waals surface area contributed by atoms with Crippen molar-refractivity contribution in [1.29, 1.82) is 0 Å². The van der Waals surface area contributed by atoms with E-state index >= 15 is 0 Å². The molecule has 2 aromatic carbocycles. The zero-order chi connectivity index (χ0) is 23.7. The Kier molecular flexibility index (Phi) is 5.95. The molecule has 0 spiro atoms. The molecule has 0 atom stereocenters. The van der Waals surface area contributed by atoms with Crippen LogP contribution in [-0.2, 0) is 18.3 Å². The van der Waals surface area contributed by atoms with Gasteiger partial charge in [-0.05, 0) is 49.7 Å². The fourth-order valence-electron chi connectivity index (χ4n) is 3.64. The summed E-state index contributed by atoms with van der Waals surface area (Å²) in [5.41, 5.74) is 3.11. The van der Waals surface area contributed by atoms with Gasteiger partial charge in [0.1, 0.15) is 11.4 Å². The maximum atomic E-state index is 13.4. The second kappa shape index (κ2) is 8.85. The van der Waals surface area contributed by atoms with Crippen LogP contribution < -0.4 is 15.6 Å². The molecule has 0 bridgehead atoms. The molecule has 1 amide bonds. The lowest BCUT2D eigenvalue weighted by Crippen LogP contribution is -2.26. The number of nitrogens with zero attached hydrogens (tertiary/aromatic N) is 3. The van der Waals surface area contributed by atoms with Gasteiger partial charge in [0.2, 0.25) is 5.91 Å². The number of nitrogens with one attached hydrogen (secondary N) is 1. The van der Waals surface area contributed by atoms with Crippen LogP contribution in [0.15, 0.2) is 53.3 Å². The molecule has 0 saturated carbocycles. The number of aromatic nitrogens is 3. The van der Waals surface area contributed by atoms with Gasteiger partial charge in [-0.1, -0.05) is 0 Å². The molecule has 9 heteroatoms. The molecule has 7 nitrogen and oxygen atoms in total. The SMILES string of the molecule is COc1ccc(-c2cc3n(C)c(C)c(CCC(=O)Nc4ccc(F)c(F)c4)c(=O)n3n2)cc1. The Bertz CT molecular complexity index is 1410. The smallest absolute Gasteiger partial charge is 0.277 e. The Hall–Kier alpha value is -4.01. The van der Waals surface area contributed by atoms with E-state index in [1.54, 1.807) is 7.11 Å². The first-order valence-corrected chi connectivity index (χ1v) is 10.3. The molecule has 170 valence electrons. The minimum Gasteiger partial charge on any atom is -0.497 e. The third-order valence-corrected chi connectivity index (χ3v) is 5.62. The van der Waals surface area contributed by atoms with Crippen molar-refractivity contribution < 1.29 is 18.3 Å². The van der Waals surface area contributed by atoms with E-state index in [-0.39, 0.29) is 24.1 Å². The average molecular weight is 452 g/mol. The molecule has 0 unspecified atom stereocenters. The van der Waals surface area contributed by atoms with Gasteiger partial charge in [-0.25, -0.2) is 8.78 Å². The topological polar surface area (TPSA) is 77.6 Å². The number of rotatable bonds is 6. The number of fused-ring (bicyclic) bond motifs is 1. The molecule has 2 aromatic heterocycles. The average Bonchev–Trinajstić information content (AvgIpc) is 3.26. The predicted octanol–water partition coefficient (Wildman–Crippen LogP) is 3.87. The van der Waals surface area contributed by atoms with Gasteiger partial charge < -0.3 is 14.6 Å². The van der Waals surface area contributed by atoms with E-state index in [1.165, 1.54) is 10.6 Å². The number of hydrogen-bond acceptors (Lipinski definition) is 4. The number of aryl methyl sites for hydroxylation is 1. The van der Waals surface area contributed by atoms with Crippen molar-refractivity contribution in [3.63, 3.8) is 0 Å². The van der Waals surface area contributed by atoms with Crippen molar-refractivity contribution in [2.24, 2.45) is 7.05 Å². The van der Waals surface area contributed by atoms with Crippen molar-refractivity contribution in [2.75, 3.05) is 12.4 Å². The zero-order valence-corrected chi connectivity index (χ0v) is 18.4. The summed E-state index contributed by atoms with van der Waals surface area (Å²) in [7, 11) is 3.42. The molecule has 4 aromatic rings. The lowest BCUT2D eigenvalue weighted by atomic mass is 10.1. The second-order valence-electron chi connectivity index (χ2n) is 7.63. The van der Waals surface area contributed by atoms with Crippen molar-refractivity contribution in [3.8, 4) is 17.0 Å². The molecule has 0 aliphatic heterocycles. The Morgan fingerprint density at radius 1 is 1.09 bits per heavy atom. The van der Waals surface area contributed by atoms with Crippen molar-refractivity contribution in [3.05, 3.63) is 81.8 Å². The van der Waals surface area contributed by atoms with E-state index in [4.69, 9.17) is 4.74 Å². The quantitative estimate of drug-likeness (QED) is 0.482. The molecular formula is C24H22F2N4O3. The maximum absolute atomic E-state index is 13.4. The molecule has 2 heterocycles. The molecule has 0 aliphatic carbocycles. The predicted molar refractivity (Wildman–Crippen MR) is 120 cm³/mol. The fourth-order valence-corrected chi connectivity index (χ4v) is 3.64. The Labute approximate surface area is 188 Å². The largest absolute Gasteiger partial charge is 0.497 e. The van der Waals surface area contributed by atoms with Crippen LogP contribution in [0.4, 0.5) is 14.5 Å². The Morgan fingerprint density at radius 3 is 2.48 bits per heavy atom. The molecule has 0 radical (unpaired) electrons. The number of benzene rings is 2. The summed E-state index contributed by atoms with van der Waals surface area (Å²) in [5, 5.41) is 7.00. The van der Waals surface area contributed by atoms with Crippen LogP contribution in [-0.4, -0.2) is 27.2 Å². The molecule has 0 aliphatic rings. The van der Waals surface area contributed by atoms with Gasteiger partial charge in [0.15, 0.2) is 11.6 Å². The van der Waals surface area contributed by atoms with E-state index in [1.807, 2.05) is 48.9 Å². The Morgan fingerprint density at radius 2 is 1.82 bits per heavy atom. The zero-order valence-electron chi connectivity index (χ0n) is 18.4. The van der Waals surface area contributed by atoms with Crippen molar-refractivity contribution in [1.82, 2.24) is 14.2 Å². The normalized spacial score (nSPS) is 11.1. The van der Waals surface area contributed by atoms with Gasteiger partial charge in [-0.15, -0.1) is 0 Å². The summed E-state index contributed by atoms with van der Waals surface area (Å²) < 4.78 is 34.8. The van der Waals surface area contributed by atoms with Crippen molar-refractivity contribution >= 4 is 17.2 Å². The van der Waals surface area contributed by atoms with Crippen LogP contribution in [0, 0.1) is 18.6 Å². The van der Waals surface area contributed by atoms with E-state index in [0.717, 1.165) is 23.4 Å². The number of ether oxygens (including phenoxy) is 1. The van der Waals surface area contributed by atoms with Gasteiger partial charge in [0.05, 0.1) is 12.8 Å². The van der Waals surface area contributed by atoms with Crippen LogP contribution in [0.5, 0.6) is 5.75 Å². The fraction of sp³-hybridized carbons (Fsp3) is 0.208. The highest BCUT2D eigenvalue weighted by Gasteiger charge is 2.17. The van der Waals surface area contributed by atoms with Crippen LogP contribution in [0.2, 0.25) is 0 Å². The van der Waals surface area contributed by atoms with Gasteiger partial charge >= 0.3 is 0 Å². The van der Waals surface area contributed by atoms with E-state index in [2.05, 4.69) is 10.4 Å². The highest BCUT2D eigenvalue weighted by Crippen LogP contribution is 2.23. The van der Waals surface area contributed by atoms with Gasteiger partial charge in [0, 0.05) is 48.1 Å². The second-order valence-corrected chi connectivity index (χ2v) is 7.63. The van der Waals surface area contributed by atoms with Crippen LogP contribution >= 0.6 is 0 Å². The van der Waals surface area contributed by atoms with E-state index in [9.17, 15) is 18.4 Å². The van der Waals surface area contributed by atoms with Crippen LogP contribution in [0.1, 0.15) is 17.7 Å². The first-order chi connectivity index (χ1) is 15.8. The molecule has 1 N–H and O–H groups in total. The monoisotopic (exact) mass is 452 g/mol. The summed E-state index contributed by atoms with van der Waals surface area (Å²) in [6.45, 7) is 1.81. The molecule has 33 heavy (non-hydrogen) atoms. The first-order valence-electron chi connectivity index (χ1n) is 10.3. The highest BCUT2D eigenvalue weighted by atomic mass is 19.2. The third-order valence-electron chi connectivity index (χ3n) is 5.62. The number of methoxy groups -OCH3 is 1. The van der Waals surface area contributed by atoms with Gasteiger partial charge in [-0.3, -0.25) is 9.59 Å². The van der Waals surface area contributed by atoms with Gasteiger partial charge in [-0.2, -0.15) is 9.61 Å². The van der Waals surface area contributed by atoms with E-state index in [0.29, 0.717) is 22.6 Å². The van der Waals surface area contributed by atoms with Crippen LogP contribution in [0.25, 0.3) is 16.9 Å². The number of hydrogen-bond donors (Lipinski definition) is 1. The lowest BCUT2D eigenvalue weighted by Gasteiger charge is -2.12. The van der Waals surface area contributed by atoms with Gasteiger partial charge in [0.25, 0.3) is 5.56 Å². The van der Waals surface area contributed by atoms with Crippen LogP contribution in [0.3, 0.4) is 0 Å². The summed E-state index contributed by atoms with van der Waals surface area (Å²) in [6.07, 6.45) is 0.162. The van der Waals surface area contributed by atoms with E-state index < -0.39 is 17.5 Å². The summed E-state index contributed by atoms with van der Waals surface area (Å²) in [5.74, 6) is -1.73. The number of halogens is 2. The number of anilines is 1. The molecule has 0 saturated heterocycles. The standard InChI is InChI=1S/C24H22F2N4O3/c1-14-18(9-11-22(31)27-16-6-10-19(25)20(26)12-16)24(32)30-23(29(14)2)13-21(28-30)15-4-7-17(33-3)8-5-15/h4-8,10,12-13H,9,11H2,1-3H3,(H,27,31). The third kappa shape index (κ3) is 4.34. The minimum absolute atomic E-state index is 0.00676. The molecule has 4 rings (SSSR count). The first kappa shape index (κ1) is 22.2. The minimum atomic E-state index is -1.05. The number of amides is 1. The highest BCUT2D eigenvalue weighted by molar-refractivity contribution is 5.90.